The molecule has 2 amide bonds. The largest absolute Gasteiger partial charge is 0.494 e. The van der Waals surface area contributed by atoms with E-state index in [0.717, 1.165) is 5.75 Å². The van der Waals surface area contributed by atoms with Crippen molar-refractivity contribution in [2.75, 3.05) is 19.7 Å². The molecule has 2 aromatic rings. The highest BCUT2D eigenvalue weighted by atomic mass is 19.1. The average molecular weight is 400 g/mol. The van der Waals surface area contributed by atoms with Gasteiger partial charge in [0.05, 0.1) is 12.2 Å². The second kappa shape index (κ2) is 10.6. The first kappa shape index (κ1) is 22.4. The zero-order chi connectivity index (χ0) is 21.3. The molecule has 0 aliphatic rings. The fourth-order valence-electron chi connectivity index (χ4n) is 2.68. The molecule has 0 aliphatic heterocycles. The Morgan fingerprint density at radius 1 is 0.966 bits per heavy atom. The summed E-state index contributed by atoms with van der Waals surface area (Å²) in [6.45, 7) is 7.45. The summed E-state index contributed by atoms with van der Waals surface area (Å²) in [5.74, 6) is -0.392. The van der Waals surface area contributed by atoms with Gasteiger partial charge in [-0.05, 0) is 41.7 Å². The van der Waals surface area contributed by atoms with Crippen LogP contribution in [-0.4, -0.2) is 31.5 Å². The smallest absolute Gasteiger partial charge is 0.254 e. The molecule has 0 heterocycles. The van der Waals surface area contributed by atoms with E-state index < -0.39 is 11.7 Å². The van der Waals surface area contributed by atoms with Crippen LogP contribution in [0.25, 0.3) is 0 Å². The number of amides is 2. The maximum absolute atomic E-state index is 13.5. The van der Waals surface area contributed by atoms with Gasteiger partial charge in [-0.3, -0.25) is 9.59 Å². The molecule has 0 radical (unpaired) electrons. The number of nitrogens with one attached hydrogen (secondary N) is 2. The van der Waals surface area contributed by atoms with Crippen molar-refractivity contribution in [1.82, 2.24) is 10.6 Å². The summed E-state index contributed by atoms with van der Waals surface area (Å²) < 4.78 is 19.2. The molecule has 156 valence electrons. The molecule has 5 nitrogen and oxygen atoms in total. The molecule has 0 spiro atoms. The quantitative estimate of drug-likeness (QED) is 0.629. The number of hydrogen-bond donors (Lipinski definition) is 2. The highest BCUT2D eigenvalue weighted by Gasteiger charge is 2.13. The molecule has 0 aromatic heterocycles. The van der Waals surface area contributed by atoms with Crippen molar-refractivity contribution < 1.29 is 18.7 Å². The second-order valence-electron chi connectivity index (χ2n) is 7.81. The molecule has 6 heteroatoms. The average Bonchev–Trinajstić information content (AvgIpc) is 2.68. The van der Waals surface area contributed by atoms with Crippen molar-refractivity contribution >= 4 is 11.8 Å². The molecule has 2 rings (SSSR count). The third kappa shape index (κ3) is 7.56. The van der Waals surface area contributed by atoms with E-state index in [2.05, 4.69) is 43.5 Å². The van der Waals surface area contributed by atoms with Crippen LogP contribution in [0.3, 0.4) is 0 Å². The lowest BCUT2D eigenvalue weighted by molar-refractivity contribution is -0.121. The summed E-state index contributed by atoms with van der Waals surface area (Å²) in [6, 6.07) is 13.8. The van der Waals surface area contributed by atoms with Gasteiger partial charge < -0.3 is 15.4 Å². The van der Waals surface area contributed by atoms with E-state index in [1.165, 1.54) is 23.8 Å². The van der Waals surface area contributed by atoms with Gasteiger partial charge in [-0.1, -0.05) is 45.0 Å². The highest BCUT2D eigenvalue weighted by Crippen LogP contribution is 2.24. The minimum absolute atomic E-state index is 0.00786. The zero-order valence-corrected chi connectivity index (χ0v) is 17.3. The Balaban J connectivity index is 1.58. The van der Waals surface area contributed by atoms with Crippen LogP contribution in [-0.2, 0) is 10.2 Å². The maximum Gasteiger partial charge on any atom is 0.254 e. The monoisotopic (exact) mass is 400 g/mol. The molecule has 0 saturated carbocycles. The Bertz CT molecular complexity index is 814. The van der Waals surface area contributed by atoms with Crippen LogP contribution in [0, 0.1) is 5.82 Å². The first-order chi connectivity index (χ1) is 13.8. The number of halogens is 1. The number of benzene rings is 2. The van der Waals surface area contributed by atoms with Crippen molar-refractivity contribution in [2.45, 2.75) is 39.0 Å². The molecule has 29 heavy (non-hydrogen) atoms. The standard InChI is InChI=1S/C23H29FN2O3/c1-23(2,3)17-10-12-18(13-11-17)29-16-6-9-21(27)25-14-15-26-22(28)19-7-4-5-8-20(19)24/h4-5,7-8,10-13H,6,9,14-16H2,1-3H3,(H,25,27)(H,26,28). The molecule has 0 fully saturated rings. The number of hydrogen-bond acceptors (Lipinski definition) is 3. The van der Waals surface area contributed by atoms with Gasteiger partial charge in [0.2, 0.25) is 5.91 Å². The normalized spacial score (nSPS) is 11.0. The van der Waals surface area contributed by atoms with Gasteiger partial charge >= 0.3 is 0 Å². The Labute approximate surface area is 171 Å². The summed E-state index contributed by atoms with van der Waals surface area (Å²) in [4.78, 5) is 23.7. The molecule has 0 aliphatic carbocycles. The van der Waals surface area contributed by atoms with Crippen molar-refractivity contribution in [1.29, 1.82) is 0 Å². The molecule has 0 bridgehead atoms. The Morgan fingerprint density at radius 2 is 1.62 bits per heavy atom. The second-order valence-corrected chi connectivity index (χ2v) is 7.81. The lowest BCUT2D eigenvalue weighted by Gasteiger charge is -2.19. The molecule has 2 aromatic carbocycles. The van der Waals surface area contributed by atoms with Gasteiger partial charge in [0, 0.05) is 19.5 Å². The van der Waals surface area contributed by atoms with Crippen LogP contribution in [0.5, 0.6) is 5.75 Å². The predicted octanol–water partition coefficient (Wildman–Crippen LogP) is 3.83. The molecular weight excluding hydrogens is 371 g/mol. The summed E-state index contributed by atoms with van der Waals surface area (Å²) in [5.41, 5.74) is 1.34. The maximum atomic E-state index is 13.5. The van der Waals surface area contributed by atoms with Crippen LogP contribution < -0.4 is 15.4 Å². The molecule has 2 N–H and O–H groups in total. The molecular formula is C23H29FN2O3. The van der Waals surface area contributed by atoms with Crippen molar-refractivity contribution in [3.05, 3.63) is 65.5 Å². The summed E-state index contributed by atoms with van der Waals surface area (Å²) in [5, 5.41) is 5.30. The van der Waals surface area contributed by atoms with Crippen LogP contribution in [0.1, 0.15) is 49.5 Å². The third-order valence-electron chi connectivity index (χ3n) is 4.39. The number of carbonyl (C=O) groups is 2. The van der Waals surface area contributed by atoms with E-state index in [4.69, 9.17) is 4.74 Å². The topological polar surface area (TPSA) is 67.4 Å². The summed E-state index contributed by atoms with van der Waals surface area (Å²) in [7, 11) is 0. The van der Waals surface area contributed by atoms with Crippen molar-refractivity contribution in [2.24, 2.45) is 0 Å². The van der Waals surface area contributed by atoms with E-state index in [1.807, 2.05) is 12.1 Å². The Morgan fingerprint density at radius 3 is 2.28 bits per heavy atom. The SMILES string of the molecule is CC(C)(C)c1ccc(OCCCC(=O)NCCNC(=O)c2ccccc2F)cc1. The molecule has 0 atom stereocenters. The van der Waals surface area contributed by atoms with Crippen molar-refractivity contribution in [3.8, 4) is 5.75 Å². The van der Waals surface area contributed by atoms with Crippen LogP contribution in [0.4, 0.5) is 4.39 Å². The molecule has 0 saturated heterocycles. The Kier molecular flexibility index (Phi) is 8.19. The minimum atomic E-state index is -0.568. The van der Waals surface area contributed by atoms with Gasteiger partial charge in [0.1, 0.15) is 11.6 Å². The number of ether oxygens (including phenoxy) is 1. The third-order valence-corrected chi connectivity index (χ3v) is 4.39. The molecule has 0 unspecified atom stereocenters. The van der Waals surface area contributed by atoms with E-state index in [0.29, 0.717) is 19.4 Å². The number of rotatable bonds is 9. The fraction of sp³-hybridized carbons (Fsp3) is 0.391. The lowest BCUT2D eigenvalue weighted by Crippen LogP contribution is -2.35. The zero-order valence-electron chi connectivity index (χ0n) is 17.3. The lowest BCUT2D eigenvalue weighted by atomic mass is 9.87. The van der Waals surface area contributed by atoms with E-state index >= 15 is 0 Å². The van der Waals surface area contributed by atoms with Gasteiger partial charge in [-0.2, -0.15) is 0 Å². The van der Waals surface area contributed by atoms with Gasteiger partial charge in [-0.25, -0.2) is 4.39 Å². The van der Waals surface area contributed by atoms with E-state index in [-0.39, 0.29) is 30.0 Å². The minimum Gasteiger partial charge on any atom is -0.494 e. The highest BCUT2D eigenvalue weighted by molar-refractivity contribution is 5.94. The fourth-order valence-corrected chi connectivity index (χ4v) is 2.68. The van der Waals surface area contributed by atoms with Crippen molar-refractivity contribution in [3.63, 3.8) is 0 Å². The van der Waals surface area contributed by atoms with E-state index in [9.17, 15) is 14.0 Å². The summed E-state index contributed by atoms with van der Waals surface area (Å²) in [6.07, 6.45) is 0.926. The van der Waals surface area contributed by atoms with Crippen LogP contribution in [0.2, 0.25) is 0 Å². The predicted molar refractivity (Wildman–Crippen MR) is 112 cm³/mol. The number of carbonyl (C=O) groups excluding carboxylic acids is 2. The first-order valence-electron chi connectivity index (χ1n) is 9.80. The van der Waals surface area contributed by atoms with Gasteiger partial charge in [0.15, 0.2) is 0 Å². The summed E-state index contributed by atoms with van der Waals surface area (Å²) >= 11 is 0. The van der Waals surface area contributed by atoms with Gasteiger partial charge in [-0.15, -0.1) is 0 Å². The Hall–Kier alpha value is -2.89. The van der Waals surface area contributed by atoms with Crippen LogP contribution in [0.15, 0.2) is 48.5 Å². The van der Waals surface area contributed by atoms with E-state index in [1.54, 1.807) is 6.07 Å². The first-order valence-corrected chi connectivity index (χ1v) is 9.80. The van der Waals surface area contributed by atoms with Gasteiger partial charge in [0.25, 0.3) is 5.91 Å². The van der Waals surface area contributed by atoms with Crippen LogP contribution >= 0.6 is 0 Å².